The third kappa shape index (κ3) is 2.19. The maximum Gasteiger partial charge on any atom is 0.323 e. The van der Waals surface area contributed by atoms with Crippen molar-refractivity contribution >= 4 is 11.0 Å². The smallest absolute Gasteiger partial charge is 0.323 e. The molecule has 5 N–H and O–H groups in total. The number of aromatic amines is 2. The van der Waals surface area contributed by atoms with Crippen LogP contribution in [-0.2, 0) is 0 Å². The molecule has 3 rings (SSSR count). The minimum atomic E-state index is -0.173. The Morgan fingerprint density at radius 1 is 1.33 bits per heavy atom. The highest BCUT2D eigenvalue weighted by Gasteiger charge is 2.18. The van der Waals surface area contributed by atoms with Gasteiger partial charge in [-0.25, -0.2) is 4.79 Å². The number of rotatable bonds is 3. The molecule has 96 valence electrons. The molecule has 2 unspecified atom stereocenters. The molecule has 1 aliphatic heterocycles. The van der Waals surface area contributed by atoms with Gasteiger partial charge in [0.25, 0.3) is 0 Å². The van der Waals surface area contributed by atoms with Gasteiger partial charge in [-0.1, -0.05) is 6.07 Å². The second kappa shape index (κ2) is 4.59. The summed E-state index contributed by atoms with van der Waals surface area (Å²) in [5, 5.41) is 3.45. The average molecular weight is 246 g/mol. The third-order valence-electron chi connectivity index (χ3n) is 3.67. The maximum absolute atomic E-state index is 11.2. The number of fused-ring (bicyclic) bond motifs is 1. The lowest BCUT2D eigenvalue weighted by Crippen LogP contribution is -2.26. The van der Waals surface area contributed by atoms with Gasteiger partial charge in [0.2, 0.25) is 0 Å². The first-order valence-electron chi connectivity index (χ1n) is 6.43. The molecule has 5 heteroatoms. The molecule has 18 heavy (non-hydrogen) atoms. The second-order valence-corrected chi connectivity index (χ2v) is 5.02. The van der Waals surface area contributed by atoms with Crippen LogP contribution < -0.4 is 16.7 Å². The van der Waals surface area contributed by atoms with E-state index in [1.165, 1.54) is 12.8 Å². The van der Waals surface area contributed by atoms with Crippen molar-refractivity contribution < 1.29 is 0 Å². The van der Waals surface area contributed by atoms with Gasteiger partial charge in [-0.3, -0.25) is 0 Å². The predicted octanol–water partition coefficient (Wildman–Crippen LogP) is 0.998. The number of nitrogens with two attached hydrogens (primary N) is 1. The first kappa shape index (κ1) is 11.5. The zero-order valence-electron chi connectivity index (χ0n) is 10.2. The molecule has 0 aliphatic carbocycles. The molecule has 2 atom stereocenters. The summed E-state index contributed by atoms with van der Waals surface area (Å²) >= 11 is 0. The summed E-state index contributed by atoms with van der Waals surface area (Å²) < 4.78 is 0. The Kier molecular flexibility index (Phi) is 2.93. The predicted molar refractivity (Wildman–Crippen MR) is 71.5 cm³/mol. The standard InChI is InChI=1S/C13H18N4O/c14-10(7-9-2-1-5-15-9)8-3-4-11-12(6-8)17-13(18)16-11/h3-4,6,9-10,15H,1-2,5,7,14H2,(H2,16,17,18). The van der Waals surface area contributed by atoms with Gasteiger partial charge in [0.15, 0.2) is 0 Å². The van der Waals surface area contributed by atoms with E-state index in [-0.39, 0.29) is 11.7 Å². The molecule has 1 saturated heterocycles. The van der Waals surface area contributed by atoms with Crippen molar-refractivity contribution in [3.05, 3.63) is 34.2 Å². The van der Waals surface area contributed by atoms with E-state index in [9.17, 15) is 4.79 Å². The summed E-state index contributed by atoms with van der Waals surface area (Å²) in [7, 11) is 0. The van der Waals surface area contributed by atoms with Gasteiger partial charge < -0.3 is 21.0 Å². The maximum atomic E-state index is 11.2. The van der Waals surface area contributed by atoms with E-state index in [0.717, 1.165) is 29.6 Å². The number of imidazole rings is 1. The van der Waals surface area contributed by atoms with Crippen LogP contribution >= 0.6 is 0 Å². The molecule has 1 aromatic heterocycles. The molecule has 1 aliphatic rings. The highest BCUT2D eigenvalue weighted by Crippen LogP contribution is 2.22. The van der Waals surface area contributed by atoms with Gasteiger partial charge in [0.05, 0.1) is 11.0 Å². The average Bonchev–Trinajstić information content (AvgIpc) is 2.95. The summed E-state index contributed by atoms with van der Waals surface area (Å²) in [6.07, 6.45) is 3.39. The first-order chi connectivity index (χ1) is 8.72. The Bertz CT molecular complexity index is 594. The minimum Gasteiger partial charge on any atom is -0.324 e. The number of benzene rings is 1. The van der Waals surface area contributed by atoms with E-state index in [0.29, 0.717) is 6.04 Å². The lowest BCUT2D eigenvalue weighted by Gasteiger charge is -2.17. The molecular formula is C13H18N4O. The van der Waals surface area contributed by atoms with Crippen LogP contribution in [0.1, 0.15) is 30.9 Å². The van der Waals surface area contributed by atoms with Crippen LogP contribution in [-0.4, -0.2) is 22.6 Å². The second-order valence-electron chi connectivity index (χ2n) is 5.02. The third-order valence-corrected chi connectivity index (χ3v) is 3.67. The summed E-state index contributed by atoms with van der Waals surface area (Å²) in [6.45, 7) is 1.10. The SMILES string of the molecule is NC(CC1CCCN1)c1ccc2[nH]c(=O)[nH]c2c1. The quantitative estimate of drug-likeness (QED) is 0.651. The van der Waals surface area contributed by atoms with Crippen LogP contribution in [0.15, 0.2) is 23.0 Å². The molecular weight excluding hydrogens is 228 g/mol. The van der Waals surface area contributed by atoms with Crippen LogP contribution in [0.3, 0.4) is 0 Å². The highest BCUT2D eigenvalue weighted by atomic mass is 16.1. The normalized spacial score (nSPS) is 21.5. The van der Waals surface area contributed by atoms with Gasteiger partial charge in [0.1, 0.15) is 0 Å². The molecule has 2 aromatic rings. The molecule has 0 spiro atoms. The Balaban J connectivity index is 1.81. The van der Waals surface area contributed by atoms with Crippen molar-refractivity contribution in [2.45, 2.75) is 31.3 Å². The zero-order chi connectivity index (χ0) is 12.5. The fourth-order valence-electron chi connectivity index (χ4n) is 2.68. The molecule has 2 heterocycles. The van der Waals surface area contributed by atoms with Gasteiger partial charge in [-0.2, -0.15) is 0 Å². The largest absolute Gasteiger partial charge is 0.324 e. The molecule has 0 amide bonds. The van der Waals surface area contributed by atoms with Gasteiger partial charge in [0, 0.05) is 12.1 Å². The molecule has 5 nitrogen and oxygen atoms in total. The Labute approximate surface area is 105 Å². The molecule has 0 radical (unpaired) electrons. The van der Waals surface area contributed by atoms with E-state index in [2.05, 4.69) is 15.3 Å². The number of aromatic nitrogens is 2. The monoisotopic (exact) mass is 246 g/mol. The fraction of sp³-hybridized carbons (Fsp3) is 0.462. The van der Waals surface area contributed by atoms with Crippen LogP contribution in [0, 0.1) is 0 Å². The van der Waals surface area contributed by atoms with E-state index in [1.807, 2.05) is 18.2 Å². The van der Waals surface area contributed by atoms with Gasteiger partial charge >= 0.3 is 5.69 Å². The molecule has 1 fully saturated rings. The zero-order valence-corrected chi connectivity index (χ0v) is 10.2. The topological polar surface area (TPSA) is 86.7 Å². The van der Waals surface area contributed by atoms with E-state index >= 15 is 0 Å². The van der Waals surface area contributed by atoms with Gasteiger partial charge in [-0.15, -0.1) is 0 Å². The van der Waals surface area contributed by atoms with Crippen molar-refractivity contribution in [3.8, 4) is 0 Å². The fourth-order valence-corrected chi connectivity index (χ4v) is 2.68. The Morgan fingerprint density at radius 3 is 2.94 bits per heavy atom. The summed E-state index contributed by atoms with van der Waals surface area (Å²) in [5.41, 5.74) is 8.79. The Hall–Kier alpha value is -1.59. The number of nitrogens with one attached hydrogen (secondary N) is 3. The Morgan fingerprint density at radius 2 is 2.17 bits per heavy atom. The first-order valence-corrected chi connectivity index (χ1v) is 6.43. The van der Waals surface area contributed by atoms with Crippen molar-refractivity contribution in [1.29, 1.82) is 0 Å². The number of H-pyrrole nitrogens is 2. The van der Waals surface area contributed by atoms with Crippen LogP contribution in [0.4, 0.5) is 0 Å². The van der Waals surface area contributed by atoms with Crippen LogP contribution in [0.5, 0.6) is 0 Å². The van der Waals surface area contributed by atoms with Crippen LogP contribution in [0.25, 0.3) is 11.0 Å². The summed E-state index contributed by atoms with van der Waals surface area (Å²) in [4.78, 5) is 16.7. The summed E-state index contributed by atoms with van der Waals surface area (Å²) in [6, 6.07) is 6.41. The lowest BCUT2D eigenvalue weighted by molar-refractivity contribution is 0.499. The molecule has 0 bridgehead atoms. The highest BCUT2D eigenvalue weighted by molar-refractivity contribution is 5.75. The number of hydrogen-bond donors (Lipinski definition) is 4. The van der Waals surface area contributed by atoms with Crippen molar-refractivity contribution in [2.24, 2.45) is 5.73 Å². The lowest BCUT2D eigenvalue weighted by atomic mass is 9.99. The van der Waals surface area contributed by atoms with E-state index in [1.54, 1.807) is 0 Å². The van der Waals surface area contributed by atoms with Crippen molar-refractivity contribution in [1.82, 2.24) is 15.3 Å². The molecule has 1 aromatic carbocycles. The van der Waals surface area contributed by atoms with E-state index in [4.69, 9.17) is 5.73 Å². The minimum absolute atomic E-state index is 0.0170. The van der Waals surface area contributed by atoms with E-state index < -0.39 is 0 Å². The van der Waals surface area contributed by atoms with Crippen LogP contribution in [0.2, 0.25) is 0 Å². The number of hydrogen-bond acceptors (Lipinski definition) is 3. The van der Waals surface area contributed by atoms with Crippen molar-refractivity contribution in [2.75, 3.05) is 6.54 Å². The van der Waals surface area contributed by atoms with Gasteiger partial charge in [-0.05, 0) is 43.5 Å². The summed E-state index contributed by atoms with van der Waals surface area (Å²) in [5.74, 6) is 0. The van der Waals surface area contributed by atoms with Crippen molar-refractivity contribution in [3.63, 3.8) is 0 Å². The molecule has 0 saturated carbocycles.